The molecule has 0 spiro atoms. The number of carbonyl (C=O) groups is 4. The summed E-state index contributed by atoms with van der Waals surface area (Å²) in [5.74, 6) is -0.910. The van der Waals surface area contributed by atoms with E-state index < -0.39 is 29.6 Å². The van der Waals surface area contributed by atoms with Gasteiger partial charge in [0.1, 0.15) is 17.6 Å². The van der Waals surface area contributed by atoms with Crippen LogP contribution in [0.1, 0.15) is 44.1 Å². The van der Waals surface area contributed by atoms with Crippen molar-refractivity contribution in [3.63, 3.8) is 0 Å². The second-order valence-electron chi connectivity index (χ2n) is 8.93. The molecule has 14 nitrogen and oxygen atoms in total. The molecule has 2 aromatic rings. The van der Waals surface area contributed by atoms with Crippen LogP contribution in [0.2, 0.25) is 0 Å². The fraction of sp³-hybridized carbons (Fsp3) is 0.500. The van der Waals surface area contributed by atoms with Crippen LogP contribution in [0.5, 0.6) is 0 Å². The number of imide groups is 1. The molecule has 1 aromatic heterocycles. The van der Waals surface area contributed by atoms with E-state index in [2.05, 4.69) is 41.6 Å². The third-order valence-electron chi connectivity index (χ3n) is 5.49. The van der Waals surface area contributed by atoms with Crippen molar-refractivity contribution in [3.8, 4) is 0 Å². The number of hydrogen-bond acceptors (Lipinski definition) is 9. The van der Waals surface area contributed by atoms with E-state index in [-0.39, 0.29) is 31.4 Å². The van der Waals surface area contributed by atoms with Gasteiger partial charge >= 0.3 is 6.03 Å². The Hall–Kier alpha value is -3.62. The third-order valence-corrected chi connectivity index (χ3v) is 5.97. The molecule has 1 aliphatic heterocycles. The molecule has 1 aromatic carbocycles. The van der Waals surface area contributed by atoms with E-state index >= 15 is 0 Å². The predicted molar refractivity (Wildman–Crippen MR) is 131 cm³/mol. The Morgan fingerprint density at radius 2 is 2.00 bits per heavy atom. The van der Waals surface area contributed by atoms with Gasteiger partial charge in [-0.25, -0.2) is 14.3 Å². The molecule has 1 unspecified atom stereocenters. The number of urea groups is 1. The van der Waals surface area contributed by atoms with Gasteiger partial charge in [-0.05, 0) is 48.0 Å². The van der Waals surface area contributed by atoms with Gasteiger partial charge in [0.05, 0.1) is 19.6 Å². The molecule has 37 heavy (non-hydrogen) atoms. The van der Waals surface area contributed by atoms with Gasteiger partial charge in [-0.15, -0.1) is 5.10 Å². The van der Waals surface area contributed by atoms with Crippen LogP contribution in [-0.2, 0) is 32.3 Å². The first-order valence-electron chi connectivity index (χ1n) is 11.6. The minimum absolute atomic E-state index is 0.102. The quantitative estimate of drug-likeness (QED) is 0.123. The number of benzene rings is 1. The van der Waals surface area contributed by atoms with Crippen LogP contribution in [-0.4, -0.2) is 68.7 Å². The molecule has 2 heterocycles. The Morgan fingerprint density at radius 3 is 2.68 bits per heavy atom. The second-order valence-corrected chi connectivity index (χ2v) is 9.12. The summed E-state index contributed by atoms with van der Waals surface area (Å²) < 4.78 is 7.37. The fourth-order valence-corrected chi connectivity index (χ4v) is 3.45. The zero-order valence-electron chi connectivity index (χ0n) is 20.5. The number of aromatic nitrogens is 4. The van der Waals surface area contributed by atoms with Crippen molar-refractivity contribution < 1.29 is 23.9 Å². The SMILES string of the molecule is CC(C)(NCl)C(=O)N[C@H](COCc1ccccc1)c1nnnn1CCCNC(=O)CC1NC(=O)NC1=O. The molecule has 5 N–H and O–H groups in total. The molecule has 1 aliphatic rings. The number of rotatable bonds is 14. The maximum Gasteiger partial charge on any atom is 0.322 e. The van der Waals surface area contributed by atoms with E-state index in [0.29, 0.717) is 25.4 Å². The Morgan fingerprint density at radius 1 is 1.24 bits per heavy atom. The van der Waals surface area contributed by atoms with E-state index in [4.69, 9.17) is 16.5 Å². The number of nitrogens with one attached hydrogen (secondary N) is 5. The summed E-state index contributed by atoms with van der Waals surface area (Å²) >= 11 is 5.73. The van der Waals surface area contributed by atoms with Crippen molar-refractivity contribution in [2.45, 2.75) is 57.5 Å². The molecule has 0 bridgehead atoms. The number of tetrazole rings is 1. The van der Waals surface area contributed by atoms with Gasteiger partial charge in [0.15, 0.2) is 5.82 Å². The lowest BCUT2D eigenvalue weighted by molar-refractivity contribution is -0.127. The summed E-state index contributed by atoms with van der Waals surface area (Å²) in [6, 6.07) is 7.41. The van der Waals surface area contributed by atoms with Crippen LogP contribution in [0.3, 0.4) is 0 Å². The number of nitrogens with zero attached hydrogens (tertiary/aromatic N) is 4. The van der Waals surface area contributed by atoms with Gasteiger partial charge in [0, 0.05) is 13.1 Å². The van der Waals surface area contributed by atoms with E-state index in [1.165, 1.54) is 4.68 Å². The highest BCUT2D eigenvalue weighted by molar-refractivity contribution is 6.15. The highest BCUT2D eigenvalue weighted by Crippen LogP contribution is 2.14. The van der Waals surface area contributed by atoms with E-state index in [9.17, 15) is 19.2 Å². The smallest absolute Gasteiger partial charge is 0.322 e. The molecule has 1 fully saturated rings. The van der Waals surface area contributed by atoms with Crippen LogP contribution in [0.25, 0.3) is 0 Å². The maximum atomic E-state index is 12.8. The Balaban J connectivity index is 1.56. The molecule has 200 valence electrons. The van der Waals surface area contributed by atoms with Crippen molar-refractivity contribution in [1.82, 2.24) is 46.3 Å². The maximum absolute atomic E-state index is 12.8. The lowest BCUT2D eigenvalue weighted by Crippen LogP contribution is -2.51. The number of carbonyl (C=O) groups excluding carboxylic acids is 4. The molecule has 0 radical (unpaired) electrons. The van der Waals surface area contributed by atoms with Crippen molar-refractivity contribution in [2.75, 3.05) is 13.2 Å². The van der Waals surface area contributed by atoms with Gasteiger partial charge < -0.3 is 20.7 Å². The number of aryl methyl sites for hydroxylation is 1. The predicted octanol–water partition coefficient (Wildman–Crippen LogP) is -0.326. The van der Waals surface area contributed by atoms with Crippen LogP contribution in [0.4, 0.5) is 4.79 Å². The lowest BCUT2D eigenvalue weighted by atomic mass is 10.1. The lowest BCUT2D eigenvalue weighted by Gasteiger charge is -2.25. The van der Waals surface area contributed by atoms with Crippen LogP contribution < -0.4 is 26.1 Å². The van der Waals surface area contributed by atoms with Gasteiger partial charge in [0.2, 0.25) is 11.8 Å². The summed E-state index contributed by atoms with van der Waals surface area (Å²) in [5, 5.41) is 21.9. The molecule has 0 aliphatic carbocycles. The highest BCUT2D eigenvalue weighted by Gasteiger charge is 2.32. The highest BCUT2D eigenvalue weighted by atomic mass is 35.5. The van der Waals surface area contributed by atoms with Crippen LogP contribution in [0.15, 0.2) is 30.3 Å². The topological polar surface area (TPSA) is 181 Å². The molecule has 1 saturated heterocycles. The molecule has 2 atom stereocenters. The Labute approximate surface area is 218 Å². The van der Waals surface area contributed by atoms with E-state index in [1.54, 1.807) is 13.8 Å². The average molecular weight is 536 g/mol. The zero-order valence-corrected chi connectivity index (χ0v) is 21.2. The summed E-state index contributed by atoms with van der Waals surface area (Å²) in [6.07, 6.45) is 0.304. The number of hydrogen-bond donors (Lipinski definition) is 5. The minimum Gasteiger partial charge on any atom is -0.374 e. The zero-order chi connectivity index (χ0) is 26.8. The number of ether oxygens (including phenoxy) is 1. The summed E-state index contributed by atoms with van der Waals surface area (Å²) in [5.41, 5.74) is -0.0855. The van der Waals surface area contributed by atoms with Gasteiger partial charge in [-0.3, -0.25) is 19.7 Å². The van der Waals surface area contributed by atoms with E-state index in [1.807, 2.05) is 30.3 Å². The first-order chi connectivity index (χ1) is 17.7. The van der Waals surface area contributed by atoms with Crippen molar-refractivity contribution >= 4 is 35.5 Å². The molecule has 15 heteroatoms. The number of amides is 5. The molecule has 0 saturated carbocycles. The van der Waals surface area contributed by atoms with Crippen LogP contribution in [0, 0.1) is 0 Å². The fourth-order valence-electron chi connectivity index (χ4n) is 3.37. The van der Waals surface area contributed by atoms with Gasteiger partial charge in [-0.1, -0.05) is 30.3 Å². The monoisotopic (exact) mass is 535 g/mol. The second kappa shape index (κ2) is 13.1. The average Bonchev–Trinajstić information content (AvgIpc) is 3.46. The van der Waals surface area contributed by atoms with Crippen molar-refractivity contribution in [3.05, 3.63) is 41.7 Å². The molecule has 5 amide bonds. The number of halogens is 1. The van der Waals surface area contributed by atoms with Crippen molar-refractivity contribution in [2.24, 2.45) is 0 Å². The molecular weight excluding hydrogens is 506 g/mol. The normalized spacial score (nSPS) is 16.1. The standard InChI is InChI=1S/C22H30ClN9O5/c1-22(2,29-23)20(35)25-16(13-37-12-14-7-4-3-5-8-14)18-28-30-31-32(18)10-6-9-24-17(33)11-15-19(34)27-21(36)26-15/h3-5,7-8,15-16,29H,6,9-13H2,1-2H3,(H,24,33)(H,25,35)(H2,26,27,34,36)/t15?,16-/m1/s1. The molecule has 3 rings (SSSR count). The third kappa shape index (κ3) is 8.20. The van der Waals surface area contributed by atoms with Crippen molar-refractivity contribution in [1.29, 1.82) is 0 Å². The molecular formula is C22H30ClN9O5. The summed E-state index contributed by atoms with van der Waals surface area (Å²) in [7, 11) is 0. The van der Waals surface area contributed by atoms with Gasteiger partial charge in [0.25, 0.3) is 5.91 Å². The largest absolute Gasteiger partial charge is 0.374 e. The Bertz CT molecular complexity index is 1100. The Kier molecular flexibility index (Phi) is 9.88. The summed E-state index contributed by atoms with van der Waals surface area (Å²) in [4.78, 5) is 50.0. The first kappa shape index (κ1) is 28.0. The summed E-state index contributed by atoms with van der Waals surface area (Å²) in [6.45, 7) is 4.31. The van der Waals surface area contributed by atoms with Crippen LogP contribution >= 0.6 is 11.8 Å². The minimum atomic E-state index is -1.06. The van der Waals surface area contributed by atoms with E-state index in [0.717, 1.165) is 5.56 Å². The first-order valence-corrected chi connectivity index (χ1v) is 12.0. The van der Waals surface area contributed by atoms with Gasteiger partial charge in [-0.2, -0.15) is 0 Å².